The predicted molar refractivity (Wildman–Crippen MR) is 71.9 cm³/mol. The van der Waals surface area contributed by atoms with Gasteiger partial charge >= 0.3 is 0 Å². The fourth-order valence-corrected chi connectivity index (χ4v) is 2.31. The summed E-state index contributed by atoms with van der Waals surface area (Å²) in [6.07, 6.45) is 7.79. The van der Waals surface area contributed by atoms with E-state index in [0.717, 1.165) is 13.2 Å². The molecule has 16 heavy (non-hydrogen) atoms. The fourth-order valence-electron chi connectivity index (χ4n) is 2.31. The van der Waals surface area contributed by atoms with Crippen molar-refractivity contribution in [3.63, 3.8) is 0 Å². The van der Waals surface area contributed by atoms with Crippen molar-refractivity contribution in [3.05, 3.63) is 0 Å². The smallest absolute Gasteiger partial charge is 0.0462 e. The molecule has 0 bridgehead atoms. The molecular formula is C14H31NO. The van der Waals surface area contributed by atoms with Crippen LogP contribution >= 0.6 is 0 Å². The molecule has 0 amide bonds. The van der Waals surface area contributed by atoms with Crippen molar-refractivity contribution in [1.29, 1.82) is 0 Å². The highest BCUT2D eigenvalue weighted by atomic mass is 16.5. The first-order chi connectivity index (χ1) is 7.74. The quantitative estimate of drug-likeness (QED) is 0.546. The van der Waals surface area contributed by atoms with E-state index >= 15 is 0 Å². The highest BCUT2D eigenvalue weighted by molar-refractivity contribution is 4.80. The number of ether oxygens (including phenoxy) is 1. The average Bonchev–Trinajstić information content (AvgIpc) is 2.32. The van der Waals surface area contributed by atoms with Crippen LogP contribution in [0.2, 0.25) is 0 Å². The second kappa shape index (κ2) is 10.1. The van der Waals surface area contributed by atoms with Crippen molar-refractivity contribution in [3.8, 4) is 0 Å². The molecule has 0 aliphatic heterocycles. The largest absolute Gasteiger partial charge is 0.385 e. The van der Waals surface area contributed by atoms with E-state index in [4.69, 9.17) is 4.74 Å². The Hall–Kier alpha value is -0.0800. The van der Waals surface area contributed by atoms with E-state index in [1.807, 2.05) is 0 Å². The van der Waals surface area contributed by atoms with E-state index in [-0.39, 0.29) is 0 Å². The standard InChI is InChI=1S/C14H31NO/c1-5-8-10-14(6-2,13-15-7-3)11-9-12-16-4/h15H,5-13H2,1-4H3. The molecule has 0 aromatic carbocycles. The Morgan fingerprint density at radius 3 is 2.25 bits per heavy atom. The van der Waals surface area contributed by atoms with Crippen LogP contribution in [0, 0.1) is 5.41 Å². The van der Waals surface area contributed by atoms with Crippen LogP contribution in [0.3, 0.4) is 0 Å². The molecule has 0 aliphatic rings. The number of methoxy groups -OCH3 is 1. The minimum atomic E-state index is 0.505. The summed E-state index contributed by atoms with van der Waals surface area (Å²) >= 11 is 0. The van der Waals surface area contributed by atoms with Gasteiger partial charge in [0.15, 0.2) is 0 Å². The van der Waals surface area contributed by atoms with Gasteiger partial charge in [0.25, 0.3) is 0 Å². The van der Waals surface area contributed by atoms with Crippen molar-refractivity contribution in [2.75, 3.05) is 26.8 Å². The maximum absolute atomic E-state index is 5.17. The van der Waals surface area contributed by atoms with Gasteiger partial charge in [-0.2, -0.15) is 0 Å². The third-order valence-corrected chi connectivity index (χ3v) is 3.62. The van der Waals surface area contributed by atoms with Gasteiger partial charge in [0, 0.05) is 20.3 Å². The third kappa shape index (κ3) is 6.49. The molecule has 0 aliphatic carbocycles. The highest BCUT2D eigenvalue weighted by Crippen LogP contribution is 2.33. The Labute approximate surface area is 102 Å². The van der Waals surface area contributed by atoms with Gasteiger partial charge in [0.2, 0.25) is 0 Å². The lowest BCUT2D eigenvalue weighted by Gasteiger charge is -2.33. The van der Waals surface area contributed by atoms with E-state index in [0.29, 0.717) is 5.41 Å². The van der Waals surface area contributed by atoms with Gasteiger partial charge in [0.1, 0.15) is 0 Å². The Balaban J connectivity index is 4.16. The molecule has 1 N–H and O–H groups in total. The number of rotatable bonds is 11. The molecule has 98 valence electrons. The Bertz CT molecular complexity index is 140. The molecule has 2 heteroatoms. The first-order valence-electron chi connectivity index (χ1n) is 6.94. The zero-order valence-electron chi connectivity index (χ0n) is 11.8. The molecule has 0 aromatic rings. The van der Waals surface area contributed by atoms with E-state index in [2.05, 4.69) is 26.1 Å². The number of unbranched alkanes of at least 4 members (excludes halogenated alkanes) is 1. The minimum absolute atomic E-state index is 0.505. The lowest BCUT2D eigenvalue weighted by molar-refractivity contribution is 0.151. The van der Waals surface area contributed by atoms with Crippen molar-refractivity contribution in [2.24, 2.45) is 5.41 Å². The summed E-state index contributed by atoms with van der Waals surface area (Å²) in [6, 6.07) is 0. The summed E-state index contributed by atoms with van der Waals surface area (Å²) in [5.74, 6) is 0. The van der Waals surface area contributed by atoms with Crippen LogP contribution in [0.1, 0.15) is 59.3 Å². The first kappa shape index (κ1) is 15.9. The van der Waals surface area contributed by atoms with Crippen LogP contribution in [-0.4, -0.2) is 26.8 Å². The van der Waals surface area contributed by atoms with Crippen LogP contribution in [0.4, 0.5) is 0 Å². The summed E-state index contributed by atoms with van der Waals surface area (Å²) in [4.78, 5) is 0. The van der Waals surface area contributed by atoms with Gasteiger partial charge in [-0.1, -0.05) is 33.6 Å². The molecule has 0 saturated heterocycles. The molecule has 0 spiro atoms. The molecule has 1 atom stereocenters. The van der Waals surface area contributed by atoms with Crippen LogP contribution in [0.25, 0.3) is 0 Å². The van der Waals surface area contributed by atoms with Crippen LogP contribution in [0.5, 0.6) is 0 Å². The molecule has 1 unspecified atom stereocenters. The van der Waals surface area contributed by atoms with Crippen LogP contribution in [0.15, 0.2) is 0 Å². The summed E-state index contributed by atoms with van der Waals surface area (Å²) in [7, 11) is 1.80. The molecule has 0 radical (unpaired) electrons. The van der Waals surface area contributed by atoms with Crippen molar-refractivity contribution < 1.29 is 4.74 Å². The Morgan fingerprint density at radius 2 is 1.75 bits per heavy atom. The summed E-state index contributed by atoms with van der Waals surface area (Å²) in [5, 5.41) is 3.54. The summed E-state index contributed by atoms with van der Waals surface area (Å²) < 4.78 is 5.17. The van der Waals surface area contributed by atoms with Gasteiger partial charge < -0.3 is 10.1 Å². The highest BCUT2D eigenvalue weighted by Gasteiger charge is 2.26. The van der Waals surface area contributed by atoms with E-state index in [1.54, 1.807) is 7.11 Å². The lowest BCUT2D eigenvalue weighted by Crippen LogP contribution is -2.34. The molecule has 0 saturated carbocycles. The number of nitrogens with one attached hydrogen (secondary N) is 1. The molecule has 0 fully saturated rings. The van der Waals surface area contributed by atoms with Gasteiger partial charge in [-0.15, -0.1) is 0 Å². The van der Waals surface area contributed by atoms with E-state index in [1.165, 1.54) is 45.1 Å². The third-order valence-electron chi connectivity index (χ3n) is 3.62. The zero-order valence-corrected chi connectivity index (χ0v) is 11.8. The molecular weight excluding hydrogens is 198 g/mol. The van der Waals surface area contributed by atoms with Gasteiger partial charge in [-0.3, -0.25) is 0 Å². The van der Waals surface area contributed by atoms with Gasteiger partial charge in [0.05, 0.1) is 0 Å². The predicted octanol–water partition coefficient (Wildman–Crippen LogP) is 3.61. The SMILES string of the molecule is CCCCC(CC)(CCCOC)CNCC. The first-order valence-corrected chi connectivity index (χ1v) is 6.94. The maximum atomic E-state index is 5.17. The number of hydrogen-bond acceptors (Lipinski definition) is 2. The second-order valence-corrected chi connectivity index (χ2v) is 4.83. The maximum Gasteiger partial charge on any atom is 0.0462 e. The van der Waals surface area contributed by atoms with Gasteiger partial charge in [-0.25, -0.2) is 0 Å². The molecule has 0 rings (SSSR count). The molecule has 2 nitrogen and oxygen atoms in total. The van der Waals surface area contributed by atoms with E-state index < -0.39 is 0 Å². The second-order valence-electron chi connectivity index (χ2n) is 4.83. The average molecular weight is 229 g/mol. The normalized spacial score (nSPS) is 15.0. The fraction of sp³-hybridized carbons (Fsp3) is 1.00. The molecule has 0 aromatic heterocycles. The van der Waals surface area contributed by atoms with Crippen LogP contribution in [-0.2, 0) is 4.74 Å². The monoisotopic (exact) mass is 229 g/mol. The van der Waals surface area contributed by atoms with E-state index in [9.17, 15) is 0 Å². The van der Waals surface area contributed by atoms with Crippen molar-refractivity contribution in [1.82, 2.24) is 5.32 Å². The Morgan fingerprint density at radius 1 is 1.06 bits per heavy atom. The summed E-state index contributed by atoms with van der Waals surface area (Å²) in [5.41, 5.74) is 0.505. The van der Waals surface area contributed by atoms with Gasteiger partial charge in [-0.05, 0) is 37.6 Å². The number of hydrogen-bond donors (Lipinski definition) is 1. The van der Waals surface area contributed by atoms with Crippen molar-refractivity contribution >= 4 is 0 Å². The minimum Gasteiger partial charge on any atom is -0.385 e. The zero-order chi connectivity index (χ0) is 12.3. The lowest BCUT2D eigenvalue weighted by atomic mass is 9.76. The van der Waals surface area contributed by atoms with Crippen LogP contribution < -0.4 is 5.32 Å². The topological polar surface area (TPSA) is 21.3 Å². The molecule has 0 heterocycles. The summed E-state index contributed by atoms with van der Waals surface area (Å²) in [6.45, 7) is 9.96. The van der Waals surface area contributed by atoms with Crippen molar-refractivity contribution in [2.45, 2.75) is 59.3 Å². The Kier molecular flexibility index (Phi) is 10.0.